The Morgan fingerprint density at radius 1 is 1.26 bits per heavy atom. The third-order valence-electron chi connectivity index (χ3n) is 5.31. The zero-order valence-electron chi connectivity index (χ0n) is 16.8. The topological polar surface area (TPSA) is 108 Å². The fraction of sp³-hybridized carbons (Fsp3) is 0.450. The summed E-state index contributed by atoms with van der Waals surface area (Å²) in [7, 11) is 1.62. The Morgan fingerprint density at radius 2 is 1.97 bits per heavy atom. The lowest BCUT2D eigenvalue weighted by Gasteiger charge is -2.36. The Hall–Kier alpha value is -3.08. The molecule has 31 heavy (non-hydrogen) atoms. The van der Waals surface area contributed by atoms with Gasteiger partial charge in [0.2, 0.25) is 0 Å². The molecule has 3 N–H and O–H groups in total. The molecule has 2 amide bonds. The molecular formula is C20H23F3N4O4. The highest BCUT2D eigenvalue weighted by molar-refractivity contribution is 5.92. The van der Waals surface area contributed by atoms with E-state index in [4.69, 9.17) is 9.84 Å². The molecule has 11 heteroatoms. The summed E-state index contributed by atoms with van der Waals surface area (Å²) in [6.07, 6.45) is -3.07. The highest BCUT2D eigenvalue weighted by Gasteiger charge is 2.36. The van der Waals surface area contributed by atoms with Gasteiger partial charge in [0, 0.05) is 31.5 Å². The summed E-state index contributed by atoms with van der Waals surface area (Å²) in [5.74, 6) is -0.621. The zero-order chi connectivity index (χ0) is 22.6. The van der Waals surface area contributed by atoms with E-state index in [1.165, 1.54) is 4.90 Å². The number of anilines is 1. The Morgan fingerprint density at radius 3 is 2.55 bits per heavy atom. The van der Waals surface area contributed by atoms with Gasteiger partial charge in [0.1, 0.15) is 5.69 Å². The molecule has 3 rings (SSSR count). The van der Waals surface area contributed by atoms with E-state index >= 15 is 0 Å². The highest BCUT2D eigenvalue weighted by atomic mass is 19.4. The number of aromatic nitrogens is 2. The summed E-state index contributed by atoms with van der Waals surface area (Å²) in [5.41, 5.74) is -0.438. The summed E-state index contributed by atoms with van der Waals surface area (Å²) in [6, 6.07) is 7.01. The SMILES string of the molecule is COC1CCC(N(Cc2cccc(NC(=O)O)c2)C(=O)c2cc(C(F)(F)F)[nH]n2)CC1. The molecule has 1 aliphatic rings. The average molecular weight is 440 g/mol. The van der Waals surface area contributed by atoms with Crippen LogP contribution in [0.3, 0.4) is 0 Å². The van der Waals surface area contributed by atoms with Crippen molar-refractivity contribution in [3.63, 3.8) is 0 Å². The maximum atomic E-state index is 13.1. The molecule has 1 aromatic heterocycles. The van der Waals surface area contributed by atoms with E-state index in [2.05, 4.69) is 10.4 Å². The molecule has 1 saturated carbocycles. The summed E-state index contributed by atoms with van der Waals surface area (Å²) < 4.78 is 44.2. The number of benzene rings is 1. The molecule has 0 bridgehead atoms. The first-order valence-electron chi connectivity index (χ1n) is 9.72. The number of hydrogen-bond acceptors (Lipinski definition) is 4. The number of carbonyl (C=O) groups is 2. The molecule has 1 fully saturated rings. The van der Waals surface area contributed by atoms with Gasteiger partial charge in [-0.25, -0.2) is 4.79 Å². The monoisotopic (exact) mass is 440 g/mol. The van der Waals surface area contributed by atoms with Gasteiger partial charge in [-0.2, -0.15) is 18.3 Å². The molecule has 1 aliphatic carbocycles. The van der Waals surface area contributed by atoms with Crippen LogP contribution < -0.4 is 5.32 Å². The highest BCUT2D eigenvalue weighted by Crippen LogP contribution is 2.30. The second kappa shape index (κ2) is 9.38. The van der Waals surface area contributed by atoms with Crippen LogP contribution >= 0.6 is 0 Å². The first kappa shape index (κ1) is 22.6. The van der Waals surface area contributed by atoms with Crippen LogP contribution in [0.5, 0.6) is 0 Å². The van der Waals surface area contributed by atoms with Crippen LogP contribution in [0.25, 0.3) is 0 Å². The third kappa shape index (κ3) is 5.75. The smallest absolute Gasteiger partial charge is 0.432 e. The quantitative estimate of drug-likeness (QED) is 0.626. The second-order valence-electron chi connectivity index (χ2n) is 7.39. The number of H-pyrrole nitrogens is 1. The number of carboxylic acid groups (broad SMARTS) is 1. The normalized spacial score (nSPS) is 19.1. The molecule has 0 unspecified atom stereocenters. The number of amides is 2. The number of nitrogens with zero attached hydrogens (tertiary/aromatic N) is 2. The van der Waals surface area contributed by atoms with Gasteiger partial charge in [-0.15, -0.1) is 0 Å². The predicted octanol–water partition coefficient (Wildman–Crippen LogP) is 4.12. The van der Waals surface area contributed by atoms with Gasteiger partial charge in [-0.05, 0) is 43.4 Å². The van der Waals surface area contributed by atoms with Crippen LogP contribution in [0.1, 0.15) is 47.4 Å². The van der Waals surface area contributed by atoms with Crippen LogP contribution in [0.2, 0.25) is 0 Å². The number of methoxy groups -OCH3 is 1. The van der Waals surface area contributed by atoms with Crippen molar-refractivity contribution in [3.8, 4) is 0 Å². The van der Waals surface area contributed by atoms with Gasteiger partial charge >= 0.3 is 12.3 Å². The van der Waals surface area contributed by atoms with Crippen molar-refractivity contribution in [2.24, 2.45) is 0 Å². The standard InChI is InChI=1S/C20H23F3N4O4/c1-31-15-7-5-14(6-8-15)27(11-12-3-2-4-13(9-12)24-19(29)30)18(28)16-10-17(26-25-16)20(21,22)23/h2-4,9-10,14-15,24H,5-8,11H2,1H3,(H,25,26)(H,29,30). The Bertz CT molecular complexity index is 923. The number of nitrogens with one attached hydrogen (secondary N) is 2. The molecule has 0 saturated heterocycles. The molecule has 1 heterocycles. The summed E-state index contributed by atoms with van der Waals surface area (Å²) in [6.45, 7) is 0.102. The first-order valence-corrected chi connectivity index (χ1v) is 9.72. The summed E-state index contributed by atoms with van der Waals surface area (Å²) in [4.78, 5) is 25.5. The molecule has 0 radical (unpaired) electrons. The number of hydrogen-bond donors (Lipinski definition) is 3. The Kier molecular flexibility index (Phi) is 6.84. The first-order chi connectivity index (χ1) is 14.7. The molecule has 1 aromatic carbocycles. The minimum absolute atomic E-state index is 0.0820. The van der Waals surface area contributed by atoms with E-state index in [0.717, 1.165) is 12.8 Å². The van der Waals surface area contributed by atoms with Crippen molar-refractivity contribution >= 4 is 17.7 Å². The van der Waals surface area contributed by atoms with Crippen molar-refractivity contribution in [1.29, 1.82) is 0 Å². The number of rotatable bonds is 6. The van der Waals surface area contributed by atoms with Crippen LogP contribution in [0.4, 0.5) is 23.7 Å². The van der Waals surface area contributed by atoms with E-state index in [9.17, 15) is 22.8 Å². The van der Waals surface area contributed by atoms with E-state index in [-0.39, 0.29) is 24.4 Å². The van der Waals surface area contributed by atoms with Crippen molar-refractivity contribution in [2.45, 2.75) is 50.6 Å². The van der Waals surface area contributed by atoms with E-state index < -0.39 is 23.9 Å². The number of alkyl halides is 3. The molecule has 168 valence electrons. The molecule has 8 nitrogen and oxygen atoms in total. The maximum Gasteiger partial charge on any atom is 0.432 e. The fourth-order valence-electron chi connectivity index (χ4n) is 3.75. The number of carbonyl (C=O) groups excluding carboxylic acids is 1. The van der Waals surface area contributed by atoms with Gasteiger partial charge in [-0.3, -0.25) is 15.2 Å². The van der Waals surface area contributed by atoms with E-state index in [1.54, 1.807) is 31.4 Å². The van der Waals surface area contributed by atoms with Crippen molar-refractivity contribution < 1.29 is 32.6 Å². The molecule has 0 aliphatic heterocycles. The van der Waals surface area contributed by atoms with Gasteiger partial charge in [0.05, 0.1) is 6.10 Å². The van der Waals surface area contributed by atoms with Crippen LogP contribution in [-0.2, 0) is 17.5 Å². The predicted molar refractivity (Wildman–Crippen MR) is 105 cm³/mol. The minimum atomic E-state index is -4.64. The van der Waals surface area contributed by atoms with E-state index in [1.807, 2.05) is 5.10 Å². The lowest BCUT2D eigenvalue weighted by molar-refractivity contribution is -0.141. The minimum Gasteiger partial charge on any atom is -0.465 e. The van der Waals surface area contributed by atoms with Crippen LogP contribution in [0.15, 0.2) is 30.3 Å². The van der Waals surface area contributed by atoms with Gasteiger partial charge < -0.3 is 14.7 Å². The van der Waals surface area contributed by atoms with Gasteiger partial charge in [-0.1, -0.05) is 12.1 Å². The number of aromatic amines is 1. The number of ether oxygens (including phenoxy) is 1. The average Bonchev–Trinajstić information content (AvgIpc) is 3.22. The van der Waals surface area contributed by atoms with Crippen molar-refractivity contribution in [3.05, 3.63) is 47.3 Å². The van der Waals surface area contributed by atoms with E-state index in [0.29, 0.717) is 30.2 Å². The van der Waals surface area contributed by atoms with Crippen LogP contribution in [0, 0.1) is 0 Å². The molecule has 2 aromatic rings. The van der Waals surface area contributed by atoms with Crippen molar-refractivity contribution in [1.82, 2.24) is 15.1 Å². The molecule has 0 atom stereocenters. The third-order valence-corrected chi connectivity index (χ3v) is 5.31. The Labute approximate surface area is 176 Å². The fourth-order valence-corrected chi connectivity index (χ4v) is 3.75. The lowest BCUT2D eigenvalue weighted by atomic mass is 9.91. The largest absolute Gasteiger partial charge is 0.465 e. The Balaban J connectivity index is 1.85. The van der Waals surface area contributed by atoms with Crippen LogP contribution in [-0.4, -0.2) is 51.5 Å². The zero-order valence-corrected chi connectivity index (χ0v) is 16.8. The number of halogens is 3. The lowest BCUT2D eigenvalue weighted by Crippen LogP contribution is -2.43. The summed E-state index contributed by atoms with van der Waals surface area (Å²) in [5, 5.41) is 16.6. The van der Waals surface area contributed by atoms with Gasteiger partial charge in [0.25, 0.3) is 5.91 Å². The second-order valence-corrected chi connectivity index (χ2v) is 7.39. The maximum absolute atomic E-state index is 13.1. The van der Waals surface area contributed by atoms with Gasteiger partial charge in [0.15, 0.2) is 5.69 Å². The summed E-state index contributed by atoms with van der Waals surface area (Å²) >= 11 is 0. The molecular weight excluding hydrogens is 417 g/mol. The van der Waals surface area contributed by atoms with Crippen molar-refractivity contribution in [2.75, 3.05) is 12.4 Å². The molecule has 0 spiro atoms.